The Balaban J connectivity index is 1.68. The molecular weight excluding hydrogens is 383 g/mol. The molecule has 1 unspecified atom stereocenters. The number of carbonyl (C=O) groups is 2. The second-order valence-corrected chi connectivity index (χ2v) is 10.7. The maximum absolute atomic E-state index is 14.5. The van der Waals surface area contributed by atoms with E-state index in [1.807, 2.05) is 13.0 Å². The predicted octanol–water partition coefficient (Wildman–Crippen LogP) is 5.03. The minimum absolute atomic E-state index is 0.00210. The quantitative estimate of drug-likeness (QED) is 0.512. The van der Waals surface area contributed by atoms with Gasteiger partial charge in [0.15, 0.2) is 11.2 Å². The lowest BCUT2D eigenvalue weighted by Gasteiger charge is -2.48. The standard InChI is InChI=1S/C25H33FO4/c1-23(2,3)30-22(28)25(14-26)13-20-19-8-6-15-12-16(29-5)7-9-17(15)18(19)10-11-24(20,4)21(25)27/h7,9,12,18-20H,6,8,10-11,13-14H2,1-5H3/t18-,19-,20+,24+,25?/m1/s1. The first-order valence-electron chi connectivity index (χ1n) is 11.1. The highest BCUT2D eigenvalue weighted by molar-refractivity contribution is 6.08. The molecule has 0 aromatic heterocycles. The van der Waals surface area contributed by atoms with Crippen molar-refractivity contribution in [3.63, 3.8) is 0 Å². The molecule has 0 N–H and O–H groups in total. The molecule has 1 aromatic carbocycles. The summed E-state index contributed by atoms with van der Waals surface area (Å²) in [6, 6.07) is 6.27. The van der Waals surface area contributed by atoms with Gasteiger partial charge in [-0.2, -0.15) is 0 Å². The first kappa shape index (κ1) is 21.3. The van der Waals surface area contributed by atoms with E-state index in [0.29, 0.717) is 12.3 Å². The fourth-order valence-corrected chi connectivity index (χ4v) is 6.40. The zero-order valence-corrected chi connectivity index (χ0v) is 18.7. The van der Waals surface area contributed by atoms with Crippen molar-refractivity contribution in [1.29, 1.82) is 0 Å². The van der Waals surface area contributed by atoms with Crippen LogP contribution in [0.5, 0.6) is 5.75 Å². The Kier molecular flexibility index (Phi) is 5.02. The number of methoxy groups -OCH3 is 1. The SMILES string of the molecule is COc1ccc2c(c1)CC[C@@H]1[C@@H]2CC[C@]2(C)C(=O)C(CF)(C(=O)OC(C)(C)C)C[C@@H]12. The number of hydrogen-bond donors (Lipinski definition) is 0. The lowest BCUT2D eigenvalue weighted by Crippen LogP contribution is -2.46. The van der Waals surface area contributed by atoms with Crippen molar-refractivity contribution in [3.05, 3.63) is 29.3 Å². The molecule has 4 nitrogen and oxygen atoms in total. The van der Waals surface area contributed by atoms with Crippen LogP contribution in [0, 0.1) is 22.7 Å². The van der Waals surface area contributed by atoms with Crippen LogP contribution in [0.4, 0.5) is 4.39 Å². The monoisotopic (exact) mass is 416 g/mol. The number of ether oxygens (including phenoxy) is 2. The van der Waals surface area contributed by atoms with Crippen molar-refractivity contribution < 1.29 is 23.5 Å². The summed E-state index contributed by atoms with van der Waals surface area (Å²) in [7, 11) is 1.68. The summed E-state index contributed by atoms with van der Waals surface area (Å²) >= 11 is 0. The number of fused-ring (bicyclic) bond motifs is 5. The zero-order chi connectivity index (χ0) is 21.9. The van der Waals surface area contributed by atoms with Crippen LogP contribution in [0.15, 0.2) is 18.2 Å². The lowest BCUT2D eigenvalue weighted by atomic mass is 9.55. The highest BCUT2D eigenvalue weighted by atomic mass is 19.1. The molecule has 3 aliphatic rings. The van der Waals surface area contributed by atoms with Gasteiger partial charge in [0.25, 0.3) is 0 Å². The third-order valence-electron chi connectivity index (χ3n) is 7.86. The number of carbonyl (C=O) groups excluding carboxylic acids is 2. The molecule has 1 aromatic rings. The molecule has 0 spiro atoms. The van der Waals surface area contributed by atoms with Gasteiger partial charge in [-0.15, -0.1) is 0 Å². The van der Waals surface area contributed by atoms with Gasteiger partial charge in [-0.25, -0.2) is 4.39 Å². The Bertz CT molecular complexity index is 872. The van der Waals surface area contributed by atoms with Crippen LogP contribution >= 0.6 is 0 Å². The van der Waals surface area contributed by atoms with Gasteiger partial charge in [0.1, 0.15) is 18.0 Å². The normalized spacial score (nSPS) is 35.3. The average molecular weight is 417 g/mol. The highest BCUT2D eigenvalue weighted by Gasteiger charge is 2.67. The van der Waals surface area contributed by atoms with E-state index in [1.54, 1.807) is 27.9 Å². The zero-order valence-electron chi connectivity index (χ0n) is 18.7. The van der Waals surface area contributed by atoms with Gasteiger partial charge < -0.3 is 9.47 Å². The average Bonchev–Trinajstić information content (AvgIpc) is 2.94. The molecule has 4 rings (SSSR count). The fraction of sp³-hybridized carbons (Fsp3) is 0.680. The van der Waals surface area contributed by atoms with Gasteiger partial charge in [0, 0.05) is 5.41 Å². The number of hydrogen-bond acceptors (Lipinski definition) is 4. The molecule has 2 saturated carbocycles. The predicted molar refractivity (Wildman–Crippen MR) is 112 cm³/mol. The van der Waals surface area contributed by atoms with Crippen LogP contribution in [0.25, 0.3) is 0 Å². The summed E-state index contributed by atoms with van der Waals surface area (Å²) in [5.74, 6) is 0.572. The van der Waals surface area contributed by atoms with Crippen molar-refractivity contribution >= 4 is 11.8 Å². The number of Topliss-reactive ketones (excluding diaryl/α,β-unsaturated/α-hetero) is 1. The highest BCUT2D eigenvalue weighted by Crippen LogP contribution is 2.64. The van der Waals surface area contributed by atoms with Crippen LogP contribution < -0.4 is 4.74 Å². The number of aryl methyl sites for hydroxylation is 1. The smallest absolute Gasteiger partial charge is 0.322 e. The number of halogens is 1. The van der Waals surface area contributed by atoms with E-state index in [-0.39, 0.29) is 24.0 Å². The maximum Gasteiger partial charge on any atom is 0.322 e. The van der Waals surface area contributed by atoms with Gasteiger partial charge in [-0.3, -0.25) is 9.59 Å². The van der Waals surface area contributed by atoms with Crippen LogP contribution in [-0.2, 0) is 20.7 Å². The molecule has 30 heavy (non-hydrogen) atoms. The minimum atomic E-state index is -1.65. The molecule has 0 bridgehead atoms. The van der Waals surface area contributed by atoms with Gasteiger partial charge in [-0.05, 0) is 93.9 Å². The van der Waals surface area contributed by atoms with E-state index >= 15 is 0 Å². The van der Waals surface area contributed by atoms with Crippen LogP contribution in [0.3, 0.4) is 0 Å². The first-order chi connectivity index (χ1) is 14.1. The second kappa shape index (κ2) is 7.06. The summed E-state index contributed by atoms with van der Waals surface area (Å²) in [5.41, 5.74) is -0.417. The molecular formula is C25H33FO4. The Morgan fingerprint density at radius 3 is 2.63 bits per heavy atom. The third-order valence-corrected chi connectivity index (χ3v) is 7.86. The van der Waals surface area contributed by atoms with Crippen LogP contribution in [-0.4, -0.2) is 31.1 Å². The van der Waals surface area contributed by atoms with Crippen molar-refractivity contribution in [2.24, 2.45) is 22.7 Å². The van der Waals surface area contributed by atoms with E-state index in [1.165, 1.54) is 11.1 Å². The van der Waals surface area contributed by atoms with E-state index in [4.69, 9.17) is 9.47 Å². The fourth-order valence-electron chi connectivity index (χ4n) is 6.40. The van der Waals surface area contributed by atoms with E-state index < -0.39 is 29.1 Å². The van der Waals surface area contributed by atoms with E-state index in [2.05, 4.69) is 12.1 Å². The molecule has 0 aliphatic heterocycles. The van der Waals surface area contributed by atoms with Gasteiger partial charge in [-0.1, -0.05) is 13.0 Å². The topological polar surface area (TPSA) is 52.6 Å². The second-order valence-electron chi connectivity index (χ2n) is 10.7. The summed E-state index contributed by atoms with van der Waals surface area (Å²) in [6.07, 6.45) is 3.71. The first-order valence-corrected chi connectivity index (χ1v) is 11.1. The van der Waals surface area contributed by atoms with Gasteiger partial charge in [0.2, 0.25) is 0 Å². The molecule has 164 valence electrons. The summed E-state index contributed by atoms with van der Waals surface area (Å²) < 4.78 is 25.4. The molecule has 0 radical (unpaired) electrons. The van der Waals surface area contributed by atoms with E-state index in [9.17, 15) is 14.0 Å². The molecule has 5 heteroatoms. The van der Waals surface area contributed by atoms with E-state index in [0.717, 1.165) is 25.0 Å². The van der Waals surface area contributed by atoms with Crippen molar-refractivity contribution in [1.82, 2.24) is 0 Å². The van der Waals surface area contributed by atoms with Gasteiger partial charge >= 0.3 is 5.97 Å². The molecule has 2 fully saturated rings. The molecule has 0 heterocycles. The van der Waals surface area contributed by atoms with Crippen molar-refractivity contribution in [3.8, 4) is 5.75 Å². The van der Waals surface area contributed by atoms with Crippen molar-refractivity contribution in [2.75, 3.05) is 13.8 Å². The van der Waals surface area contributed by atoms with Crippen LogP contribution in [0.1, 0.15) is 70.4 Å². The number of esters is 1. The summed E-state index contributed by atoms with van der Waals surface area (Å²) in [6.45, 7) is 6.26. The third kappa shape index (κ3) is 3.07. The molecule has 0 amide bonds. The Hall–Kier alpha value is -1.91. The largest absolute Gasteiger partial charge is 0.497 e. The lowest BCUT2D eigenvalue weighted by molar-refractivity contribution is -0.171. The Morgan fingerprint density at radius 2 is 2.00 bits per heavy atom. The summed E-state index contributed by atoms with van der Waals surface area (Å²) in [5, 5.41) is 0. The van der Waals surface area contributed by atoms with Crippen molar-refractivity contribution in [2.45, 2.75) is 71.3 Å². The number of alkyl halides is 1. The number of ketones is 1. The summed E-state index contributed by atoms with van der Waals surface area (Å²) in [4.78, 5) is 26.6. The maximum atomic E-state index is 14.5. The molecule has 3 aliphatic carbocycles. The Labute approximate surface area is 178 Å². The minimum Gasteiger partial charge on any atom is -0.497 e. The number of rotatable bonds is 3. The van der Waals surface area contributed by atoms with Gasteiger partial charge in [0.05, 0.1) is 7.11 Å². The van der Waals surface area contributed by atoms with Crippen LogP contribution in [0.2, 0.25) is 0 Å². The Morgan fingerprint density at radius 1 is 1.27 bits per heavy atom. The number of benzene rings is 1. The molecule has 0 saturated heterocycles. The molecule has 5 atom stereocenters.